The molecule has 0 radical (unpaired) electrons. The summed E-state index contributed by atoms with van der Waals surface area (Å²) in [5.74, 6) is -0.225. The molecule has 2 aromatic rings. The molecule has 7 nitrogen and oxygen atoms in total. The molecule has 7 heteroatoms. The summed E-state index contributed by atoms with van der Waals surface area (Å²) >= 11 is 0. The normalized spacial score (nSPS) is 21.4. The lowest BCUT2D eigenvalue weighted by atomic mass is 9.98. The van der Waals surface area contributed by atoms with Crippen LogP contribution in [0.2, 0.25) is 0 Å². The zero-order chi connectivity index (χ0) is 20.5. The number of morpholine rings is 1. The zero-order valence-electron chi connectivity index (χ0n) is 16.4. The first-order chi connectivity index (χ1) is 14.7. The van der Waals surface area contributed by atoms with Gasteiger partial charge in [-0.2, -0.15) is 0 Å². The van der Waals surface area contributed by atoms with E-state index in [0.717, 1.165) is 65.9 Å². The lowest BCUT2D eigenvalue weighted by molar-refractivity contribution is -0.111. The molecule has 1 aromatic carbocycles. The van der Waals surface area contributed by atoms with Crippen LogP contribution in [0.4, 0.5) is 5.69 Å². The van der Waals surface area contributed by atoms with Gasteiger partial charge in [-0.05, 0) is 35.4 Å². The number of hydrogen-bond acceptors (Lipinski definition) is 6. The van der Waals surface area contributed by atoms with Crippen LogP contribution in [-0.2, 0) is 9.53 Å². The van der Waals surface area contributed by atoms with Crippen LogP contribution in [0.25, 0.3) is 16.7 Å². The van der Waals surface area contributed by atoms with Crippen molar-refractivity contribution < 1.29 is 14.7 Å². The molecule has 1 fully saturated rings. The molecule has 1 saturated heterocycles. The third kappa shape index (κ3) is 3.54. The lowest BCUT2D eigenvalue weighted by Gasteiger charge is -2.28. The lowest BCUT2D eigenvalue weighted by Crippen LogP contribution is -2.37. The molecule has 4 heterocycles. The van der Waals surface area contributed by atoms with Crippen LogP contribution in [0.5, 0.6) is 0 Å². The highest BCUT2D eigenvalue weighted by molar-refractivity contribution is 6.32. The minimum absolute atomic E-state index is 0.225. The highest BCUT2D eigenvalue weighted by atomic mass is 16.5. The second-order valence-electron chi connectivity index (χ2n) is 7.49. The number of fused-ring (bicyclic) bond motifs is 1. The van der Waals surface area contributed by atoms with E-state index in [-0.39, 0.29) is 5.91 Å². The van der Waals surface area contributed by atoms with E-state index in [1.807, 2.05) is 36.4 Å². The van der Waals surface area contributed by atoms with Crippen molar-refractivity contribution in [2.24, 2.45) is 0 Å². The van der Waals surface area contributed by atoms with E-state index < -0.39 is 0 Å². The van der Waals surface area contributed by atoms with Gasteiger partial charge in [0.1, 0.15) is 0 Å². The number of hydroxylamine groups is 2. The number of anilines is 1. The van der Waals surface area contributed by atoms with Gasteiger partial charge in [0, 0.05) is 55.0 Å². The number of carbonyl (C=O) groups excluding carboxylic acids is 1. The molecule has 152 valence electrons. The number of aromatic nitrogens is 1. The topological polar surface area (TPSA) is 77.9 Å². The number of amides is 1. The zero-order valence-corrected chi connectivity index (χ0v) is 16.4. The number of allylic oxidation sites excluding steroid dienone is 1. The number of nitrogens with zero attached hydrogens (tertiary/aromatic N) is 3. The fourth-order valence-corrected chi connectivity index (χ4v) is 3.98. The van der Waals surface area contributed by atoms with E-state index in [4.69, 9.17) is 4.74 Å². The Balaban J connectivity index is 1.46. The number of hydrogen-bond donors (Lipinski definition) is 2. The molecule has 0 saturated carbocycles. The Hall–Kier alpha value is -3.26. The third-order valence-electron chi connectivity index (χ3n) is 5.52. The molecule has 0 atom stereocenters. The molecule has 0 aliphatic carbocycles. The van der Waals surface area contributed by atoms with Gasteiger partial charge in [0.15, 0.2) is 0 Å². The van der Waals surface area contributed by atoms with Crippen LogP contribution in [0, 0.1) is 0 Å². The Kier molecular flexibility index (Phi) is 4.92. The minimum atomic E-state index is -0.225. The molecular weight excluding hydrogens is 380 g/mol. The number of benzene rings is 1. The van der Waals surface area contributed by atoms with Gasteiger partial charge in [-0.25, -0.2) is 5.06 Å². The smallest absolute Gasteiger partial charge is 0.258 e. The third-order valence-corrected chi connectivity index (χ3v) is 5.52. The van der Waals surface area contributed by atoms with Crippen molar-refractivity contribution in [3.63, 3.8) is 0 Å². The number of pyridine rings is 1. The maximum absolute atomic E-state index is 12.7. The maximum Gasteiger partial charge on any atom is 0.258 e. The predicted octanol–water partition coefficient (Wildman–Crippen LogP) is 2.89. The summed E-state index contributed by atoms with van der Waals surface area (Å²) < 4.78 is 5.39. The van der Waals surface area contributed by atoms with E-state index in [0.29, 0.717) is 11.3 Å². The molecule has 2 N–H and O–H groups in total. The predicted molar refractivity (Wildman–Crippen MR) is 113 cm³/mol. The van der Waals surface area contributed by atoms with Gasteiger partial charge in [-0.3, -0.25) is 19.9 Å². The fourth-order valence-electron chi connectivity index (χ4n) is 3.98. The molecule has 3 aliphatic heterocycles. The van der Waals surface area contributed by atoms with Gasteiger partial charge >= 0.3 is 0 Å². The van der Waals surface area contributed by atoms with E-state index in [9.17, 15) is 10.0 Å². The Morgan fingerprint density at radius 1 is 1.13 bits per heavy atom. The standard InChI is InChI=1S/C23H22N4O3/c28-23-22(19-12-17(4-5-20(19)25-23)18-2-1-7-24-13-18)21-6-3-16(15-27(21)29)14-26-8-10-30-11-9-26/h1-7,12-13,15,29H,8-11,14H2,(H,25,28)/b22-21-. The van der Waals surface area contributed by atoms with E-state index in [1.165, 1.54) is 0 Å². The van der Waals surface area contributed by atoms with Crippen LogP contribution >= 0.6 is 0 Å². The fraction of sp³-hybridized carbons (Fsp3) is 0.217. The van der Waals surface area contributed by atoms with Gasteiger partial charge < -0.3 is 10.1 Å². The monoisotopic (exact) mass is 402 g/mol. The number of carbonyl (C=O) groups is 1. The Labute approximate surface area is 174 Å². The van der Waals surface area contributed by atoms with Crippen molar-refractivity contribution in [2.45, 2.75) is 0 Å². The van der Waals surface area contributed by atoms with Crippen LogP contribution in [0.15, 0.2) is 72.3 Å². The van der Waals surface area contributed by atoms with Crippen LogP contribution < -0.4 is 5.32 Å². The first-order valence-electron chi connectivity index (χ1n) is 9.96. The average molecular weight is 402 g/mol. The Morgan fingerprint density at radius 2 is 2.00 bits per heavy atom. The molecule has 0 unspecified atom stereocenters. The SMILES string of the molecule is O=C1Nc2ccc(-c3cccnc3)cc2/C1=C1\C=CC(CN2CCOCC2)=CN1O. The highest BCUT2D eigenvalue weighted by Gasteiger charge is 2.30. The molecule has 0 bridgehead atoms. The highest BCUT2D eigenvalue weighted by Crippen LogP contribution is 2.38. The Bertz CT molecular complexity index is 1070. The summed E-state index contributed by atoms with van der Waals surface area (Å²) in [6.07, 6.45) is 8.95. The summed E-state index contributed by atoms with van der Waals surface area (Å²) in [7, 11) is 0. The van der Waals surface area contributed by atoms with Gasteiger partial charge in [0.25, 0.3) is 5.91 Å². The van der Waals surface area contributed by atoms with Crippen molar-refractivity contribution in [3.05, 3.63) is 77.9 Å². The first kappa shape index (κ1) is 18.7. The van der Waals surface area contributed by atoms with Crippen molar-refractivity contribution in [1.29, 1.82) is 0 Å². The van der Waals surface area contributed by atoms with Gasteiger partial charge in [0.2, 0.25) is 0 Å². The molecule has 1 aromatic heterocycles. The van der Waals surface area contributed by atoms with Crippen molar-refractivity contribution in [3.8, 4) is 11.1 Å². The van der Waals surface area contributed by atoms with Gasteiger partial charge in [-0.15, -0.1) is 0 Å². The van der Waals surface area contributed by atoms with Crippen LogP contribution in [0.1, 0.15) is 5.56 Å². The quantitative estimate of drug-likeness (QED) is 0.769. The van der Waals surface area contributed by atoms with E-state index in [2.05, 4.69) is 15.2 Å². The molecule has 5 rings (SSSR count). The Morgan fingerprint density at radius 3 is 2.77 bits per heavy atom. The number of nitrogens with one attached hydrogen (secondary N) is 1. The summed E-state index contributed by atoms with van der Waals surface area (Å²) in [5, 5.41) is 14.6. The van der Waals surface area contributed by atoms with Crippen molar-refractivity contribution in [2.75, 3.05) is 38.2 Å². The molecule has 0 spiro atoms. The van der Waals surface area contributed by atoms with E-state index in [1.54, 1.807) is 24.7 Å². The molecular formula is C23H22N4O3. The minimum Gasteiger partial charge on any atom is -0.379 e. The van der Waals surface area contributed by atoms with Crippen molar-refractivity contribution in [1.82, 2.24) is 14.9 Å². The van der Waals surface area contributed by atoms with Crippen LogP contribution in [0.3, 0.4) is 0 Å². The first-order valence-corrected chi connectivity index (χ1v) is 9.96. The van der Waals surface area contributed by atoms with Gasteiger partial charge in [-0.1, -0.05) is 18.2 Å². The number of ether oxygens (including phenoxy) is 1. The second-order valence-corrected chi connectivity index (χ2v) is 7.49. The summed E-state index contributed by atoms with van der Waals surface area (Å²) in [6.45, 7) is 3.93. The molecule has 1 amide bonds. The van der Waals surface area contributed by atoms with Crippen molar-refractivity contribution >= 4 is 17.2 Å². The molecule has 3 aliphatic rings. The largest absolute Gasteiger partial charge is 0.379 e. The van der Waals surface area contributed by atoms with Gasteiger partial charge in [0.05, 0.1) is 24.5 Å². The molecule has 30 heavy (non-hydrogen) atoms. The van der Waals surface area contributed by atoms with E-state index >= 15 is 0 Å². The summed E-state index contributed by atoms with van der Waals surface area (Å²) in [4.78, 5) is 19.2. The second kappa shape index (κ2) is 7.87. The summed E-state index contributed by atoms with van der Waals surface area (Å²) in [6, 6.07) is 9.66. The maximum atomic E-state index is 12.7. The van der Waals surface area contributed by atoms with Crippen LogP contribution in [-0.4, -0.2) is 58.9 Å². The summed E-state index contributed by atoms with van der Waals surface area (Å²) in [5.41, 5.74) is 5.33. The average Bonchev–Trinajstić information content (AvgIpc) is 3.10. The number of rotatable bonds is 3.